The van der Waals surface area contributed by atoms with Gasteiger partial charge in [-0.3, -0.25) is 4.98 Å². The highest BCUT2D eigenvalue weighted by molar-refractivity contribution is 7.18. The second-order valence-corrected chi connectivity index (χ2v) is 6.39. The Kier molecular flexibility index (Phi) is 4.89. The zero-order valence-electron chi connectivity index (χ0n) is 13.5. The normalized spacial score (nSPS) is 17.7. The SMILES string of the molecule is CC#N.CCc1nc2cnc3ccsc3c2n1C1CCCOC1. The zero-order valence-corrected chi connectivity index (χ0v) is 14.3. The quantitative estimate of drug-likeness (QED) is 0.711. The van der Waals surface area contributed by atoms with Crippen LogP contribution in [0.25, 0.3) is 21.3 Å². The molecule has 5 nitrogen and oxygen atoms in total. The monoisotopic (exact) mass is 328 g/mol. The number of hydrogen-bond acceptors (Lipinski definition) is 5. The molecule has 0 amide bonds. The maximum Gasteiger partial charge on any atom is 0.110 e. The average Bonchev–Trinajstić information content (AvgIpc) is 3.19. The number of nitriles is 1. The van der Waals surface area contributed by atoms with Crippen LogP contribution < -0.4 is 0 Å². The number of rotatable bonds is 2. The summed E-state index contributed by atoms with van der Waals surface area (Å²) in [7, 11) is 0. The maximum atomic E-state index is 7.32. The Morgan fingerprint density at radius 1 is 1.48 bits per heavy atom. The van der Waals surface area contributed by atoms with Crippen molar-refractivity contribution in [3.8, 4) is 6.07 Å². The summed E-state index contributed by atoms with van der Waals surface area (Å²) in [6.45, 7) is 5.29. The van der Waals surface area contributed by atoms with Crippen LogP contribution in [0.5, 0.6) is 0 Å². The standard InChI is InChI=1S/C15H17N3OS.C2H3N/c1-2-13-17-12-8-16-11-5-7-20-15(11)14(12)18(13)10-4-3-6-19-9-10;1-2-3/h5,7-8,10H,2-4,6,9H2,1H3;1H3. The highest BCUT2D eigenvalue weighted by Crippen LogP contribution is 2.33. The molecule has 4 heterocycles. The van der Waals surface area contributed by atoms with Crippen LogP contribution in [0.3, 0.4) is 0 Å². The number of aromatic nitrogens is 3. The number of thiophene rings is 1. The van der Waals surface area contributed by atoms with Gasteiger partial charge in [-0.15, -0.1) is 11.3 Å². The van der Waals surface area contributed by atoms with E-state index in [-0.39, 0.29) is 0 Å². The van der Waals surface area contributed by atoms with Crippen molar-refractivity contribution in [1.82, 2.24) is 14.5 Å². The number of aryl methyl sites for hydroxylation is 1. The molecule has 3 aromatic heterocycles. The lowest BCUT2D eigenvalue weighted by Gasteiger charge is -2.25. The number of hydrogen-bond donors (Lipinski definition) is 0. The van der Waals surface area contributed by atoms with Crippen molar-refractivity contribution in [2.75, 3.05) is 13.2 Å². The van der Waals surface area contributed by atoms with E-state index in [9.17, 15) is 0 Å². The van der Waals surface area contributed by atoms with Gasteiger partial charge in [-0.2, -0.15) is 5.26 Å². The van der Waals surface area contributed by atoms with Crippen molar-refractivity contribution in [3.05, 3.63) is 23.5 Å². The molecule has 0 bridgehead atoms. The van der Waals surface area contributed by atoms with E-state index in [2.05, 4.69) is 27.9 Å². The Labute approximate surface area is 139 Å². The van der Waals surface area contributed by atoms with Gasteiger partial charge in [0.2, 0.25) is 0 Å². The van der Waals surface area contributed by atoms with Crippen molar-refractivity contribution in [2.24, 2.45) is 0 Å². The molecule has 1 atom stereocenters. The van der Waals surface area contributed by atoms with Crippen LogP contribution in [0, 0.1) is 11.3 Å². The van der Waals surface area contributed by atoms with Gasteiger partial charge in [0, 0.05) is 20.0 Å². The third kappa shape index (κ3) is 2.94. The van der Waals surface area contributed by atoms with Gasteiger partial charge < -0.3 is 9.30 Å². The zero-order chi connectivity index (χ0) is 16.2. The lowest BCUT2D eigenvalue weighted by molar-refractivity contribution is 0.0596. The minimum Gasteiger partial charge on any atom is -0.379 e. The fraction of sp³-hybridized carbons (Fsp3) is 0.471. The number of ether oxygens (including phenoxy) is 1. The molecule has 1 saturated heterocycles. The first kappa shape index (κ1) is 15.9. The van der Waals surface area contributed by atoms with E-state index in [1.807, 2.05) is 6.20 Å². The van der Waals surface area contributed by atoms with Gasteiger partial charge in [-0.1, -0.05) is 6.92 Å². The third-order valence-electron chi connectivity index (χ3n) is 4.01. The van der Waals surface area contributed by atoms with E-state index >= 15 is 0 Å². The summed E-state index contributed by atoms with van der Waals surface area (Å²) < 4.78 is 9.35. The lowest BCUT2D eigenvalue weighted by atomic mass is 10.1. The predicted octanol–water partition coefficient (Wildman–Crippen LogP) is 4.09. The summed E-state index contributed by atoms with van der Waals surface area (Å²) in [5, 5.41) is 9.43. The fourth-order valence-corrected chi connectivity index (χ4v) is 3.99. The molecular formula is C17H20N4OS. The Hall–Kier alpha value is -1.97. The Bertz CT molecular complexity index is 839. The number of fused-ring (bicyclic) bond motifs is 3. The molecule has 0 spiro atoms. The molecule has 0 N–H and O–H groups in total. The third-order valence-corrected chi connectivity index (χ3v) is 4.92. The second-order valence-electron chi connectivity index (χ2n) is 5.47. The highest BCUT2D eigenvalue weighted by Gasteiger charge is 2.23. The molecule has 6 heteroatoms. The van der Waals surface area contributed by atoms with Gasteiger partial charge in [0.05, 0.1) is 40.6 Å². The van der Waals surface area contributed by atoms with Gasteiger partial charge >= 0.3 is 0 Å². The maximum absolute atomic E-state index is 7.32. The molecule has 4 rings (SSSR count). The van der Waals surface area contributed by atoms with Crippen LogP contribution in [-0.2, 0) is 11.2 Å². The molecule has 1 aliphatic rings. The van der Waals surface area contributed by atoms with Gasteiger partial charge in [0.25, 0.3) is 0 Å². The molecule has 0 radical (unpaired) electrons. The highest BCUT2D eigenvalue weighted by atomic mass is 32.1. The Balaban J connectivity index is 0.000000485. The largest absolute Gasteiger partial charge is 0.379 e. The minimum absolute atomic E-state index is 0.413. The van der Waals surface area contributed by atoms with E-state index in [0.717, 1.165) is 42.9 Å². The van der Waals surface area contributed by atoms with Gasteiger partial charge in [-0.25, -0.2) is 4.98 Å². The van der Waals surface area contributed by atoms with Gasteiger partial charge in [0.15, 0.2) is 0 Å². The van der Waals surface area contributed by atoms with E-state index in [0.29, 0.717) is 6.04 Å². The van der Waals surface area contributed by atoms with Crippen LogP contribution in [0.15, 0.2) is 17.6 Å². The molecule has 0 aromatic carbocycles. The fourth-order valence-electron chi connectivity index (χ4n) is 3.10. The first-order valence-electron chi connectivity index (χ1n) is 7.91. The van der Waals surface area contributed by atoms with Crippen molar-refractivity contribution < 1.29 is 4.74 Å². The molecule has 1 aliphatic heterocycles. The average molecular weight is 328 g/mol. The molecular weight excluding hydrogens is 308 g/mol. The summed E-state index contributed by atoms with van der Waals surface area (Å²) in [5.41, 5.74) is 3.34. The van der Waals surface area contributed by atoms with Crippen molar-refractivity contribution in [3.63, 3.8) is 0 Å². The van der Waals surface area contributed by atoms with E-state index < -0.39 is 0 Å². The minimum atomic E-state index is 0.413. The van der Waals surface area contributed by atoms with E-state index in [4.69, 9.17) is 15.0 Å². The van der Waals surface area contributed by atoms with Crippen molar-refractivity contribution in [1.29, 1.82) is 5.26 Å². The van der Waals surface area contributed by atoms with Gasteiger partial charge in [-0.05, 0) is 24.3 Å². The molecule has 3 aromatic rings. The number of nitrogens with zero attached hydrogens (tertiary/aromatic N) is 4. The Morgan fingerprint density at radius 3 is 3.00 bits per heavy atom. The number of imidazole rings is 1. The van der Waals surface area contributed by atoms with Crippen LogP contribution >= 0.6 is 11.3 Å². The summed E-state index contributed by atoms with van der Waals surface area (Å²) in [5.74, 6) is 1.15. The van der Waals surface area contributed by atoms with E-state index in [1.165, 1.54) is 23.6 Å². The van der Waals surface area contributed by atoms with Crippen LogP contribution in [0.4, 0.5) is 0 Å². The van der Waals surface area contributed by atoms with Gasteiger partial charge in [0.1, 0.15) is 11.3 Å². The molecule has 0 saturated carbocycles. The molecule has 1 unspecified atom stereocenters. The molecule has 23 heavy (non-hydrogen) atoms. The summed E-state index contributed by atoms with van der Waals surface area (Å²) in [6, 6.07) is 4.25. The van der Waals surface area contributed by atoms with E-state index in [1.54, 1.807) is 17.4 Å². The lowest BCUT2D eigenvalue weighted by Crippen LogP contribution is -2.22. The van der Waals surface area contributed by atoms with Crippen molar-refractivity contribution >= 4 is 32.6 Å². The first-order chi connectivity index (χ1) is 11.3. The molecule has 120 valence electrons. The smallest absolute Gasteiger partial charge is 0.110 e. The molecule has 1 fully saturated rings. The first-order valence-corrected chi connectivity index (χ1v) is 8.79. The summed E-state index contributed by atoms with van der Waals surface area (Å²) in [4.78, 5) is 9.29. The second kappa shape index (κ2) is 7.07. The topological polar surface area (TPSA) is 63.7 Å². The van der Waals surface area contributed by atoms with Crippen LogP contribution in [0.2, 0.25) is 0 Å². The Morgan fingerprint density at radius 2 is 2.30 bits per heavy atom. The summed E-state index contributed by atoms with van der Waals surface area (Å²) >= 11 is 1.75. The number of pyridine rings is 1. The summed E-state index contributed by atoms with van der Waals surface area (Å²) in [6.07, 6.45) is 5.15. The van der Waals surface area contributed by atoms with Crippen LogP contribution in [0.1, 0.15) is 38.6 Å². The van der Waals surface area contributed by atoms with Crippen molar-refractivity contribution in [2.45, 2.75) is 39.2 Å². The van der Waals surface area contributed by atoms with Crippen LogP contribution in [-0.4, -0.2) is 27.7 Å². The molecule has 0 aliphatic carbocycles. The predicted molar refractivity (Wildman–Crippen MR) is 92.7 cm³/mol.